The average Bonchev–Trinajstić information content (AvgIpc) is 3.35. The van der Waals surface area contributed by atoms with Gasteiger partial charge in [-0.3, -0.25) is 14.4 Å². The Hall–Kier alpha value is -1.59. The first-order chi connectivity index (χ1) is 34.0. The zero-order valence-electron chi connectivity index (χ0n) is 47.1. The zero-order valence-corrected chi connectivity index (χ0v) is 47.1. The highest BCUT2D eigenvalue weighted by atomic mass is 16.6. The first-order valence-corrected chi connectivity index (χ1v) is 31.5. The van der Waals surface area contributed by atoms with Gasteiger partial charge >= 0.3 is 17.9 Å². The lowest BCUT2D eigenvalue weighted by atomic mass is 10.0. The molecule has 0 fully saturated rings. The lowest BCUT2D eigenvalue weighted by Gasteiger charge is -2.18. The van der Waals surface area contributed by atoms with Crippen LogP contribution in [0.25, 0.3) is 0 Å². The largest absolute Gasteiger partial charge is 0.462 e. The Morgan fingerprint density at radius 3 is 0.580 bits per heavy atom. The molecule has 0 aromatic carbocycles. The molecule has 0 bridgehead atoms. The highest BCUT2D eigenvalue weighted by Crippen LogP contribution is 2.18. The van der Waals surface area contributed by atoms with Crippen molar-refractivity contribution >= 4 is 17.9 Å². The van der Waals surface area contributed by atoms with E-state index in [-0.39, 0.29) is 31.1 Å². The Kier molecular flexibility index (Phi) is 57.6. The van der Waals surface area contributed by atoms with Crippen molar-refractivity contribution in [2.45, 2.75) is 374 Å². The van der Waals surface area contributed by atoms with Crippen molar-refractivity contribution in [1.29, 1.82) is 0 Å². The summed E-state index contributed by atoms with van der Waals surface area (Å²) in [4.78, 5) is 38.0. The molecule has 0 saturated carbocycles. The van der Waals surface area contributed by atoms with Crippen LogP contribution in [0.3, 0.4) is 0 Å². The van der Waals surface area contributed by atoms with E-state index < -0.39 is 6.10 Å². The molecule has 0 heterocycles. The van der Waals surface area contributed by atoms with Crippen LogP contribution in [-0.4, -0.2) is 37.2 Å². The van der Waals surface area contributed by atoms with Gasteiger partial charge in [-0.05, 0) is 19.3 Å². The summed E-state index contributed by atoms with van der Waals surface area (Å²) in [6.07, 6.45) is 67.1. The number of rotatable bonds is 59. The number of ether oxygens (including phenoxy) is 3. The van der Waals surface area contributed by atoms with E-state index in [9.17, 15) is 14.4 Å². The molecule has 0 spiro atoms. The average molecular weight is 976 g/mol. The Bertz CT molecular complexity index is 1030. The second-order valence-corrected chi connectivity index (χ2v) is 21.7. The third kappa shape index (κ3) is 57.2. The quantitative estimate of drug-likeness (QED) is 0.0343. The smallest absolute Gasteiger partial charge is 0.306 e. The van der Waals surface area contributed by atoms with Crippen molar-refractivity contribution in [3.05, 3.63) is 0 Å². The number of esters is 3. The molecule has 0 radical (unpaired) electrons. The first kappa shape index (κ1) is 67.4. The van der Waals surface area contributed by atoms with Gasteiger partial charge in [0, 0.05) is 19.3 Å². The Labute approximate surface area is 431 Å². The molecule has 1 unspecified atom stereocenters. The first-order valence-electron chi connectivity index (χ1n) is 31.5. The van der Waals surface area contributed by atoms with Crippen molar-refractivity contribution in [2.24, 2.45) is 0 Å². The van der Waals surface area contributed by atoms with E-state index in [4.69, 9.17) is 14.2 Å². The standard InChI is InChI=1S/C63H122O6/c1-4-7-10-13-16-18-20-22-24-26-28-30-32-34-36-38-40-42-44-47-50-53-56-62(65)68-59-60(58-67-61(64)55-52-49-46-15-12-9-6-3)69-63(66)57-54-51-48-45-43-41-39-37-35-33-31-29-27-25-23-21-19-17-14-11-8-5-2/h60H,4-59H2,1-3H3. The van der Waals surface area contributed by atoms with E-state index in [0.717, 1.165) is 57.8 Å². The number of hydrogen-bond acceptors (Lipinski definition) is 6. The second kappa shape index (κ2) is 59.0. The van der Waals surface area contributed by atoms with Crippen LogP contribution in [0.1, 0.15) is 367 Å². The van der Waals surface area contributed by atoms with Gasteiger partial charge in [-0.1, -0.05) is 329 Å². The van der Waals surface area contributed by atoms with Gasteiger partial charge < -0.3 is 14.2 Å². The van der Waals surface area contributed by atoms with Gasteiger partial charge in [-0.2, -0.15) is 0 Å². The molecule has 0 aliphatic heterocycles. The highest BCUT2D eigenvalue weighted by Gasteiger charge is 2.19. The van der Waals surface area contributed by atoms with Crippen LogP contribution in [0, 0.1) is 0 Å². The van der Waals surface area contributed by atoms with E-state index in [1.807, 2.05) is 0 Å². The molecule has 6 nitrogen and oxygen atoms in total. The Balaban J connectivity index is 4.06. The predicted octanol–water partition coefficient (Wildman–Crippen LogP) is 21.1. The SMILES string of the molecule is CCCCCCCCCCCCCCCCCCCCCCCCC(=O)OCC(COC(=O)CCCCCCCCC)OC(=O)CCCCCCCCCCCCCCCCCCCCCCCC. The molecule has 0 aromatic heterocycles. The minimum atomic E-state index is -0.760. The summed E-state index contributed by atoms with van der Waals surface area (Å²) < 4.78 is 16.9. The molecule has 6 heteroatoms. The summed E-state index contributed by atoms with van der Waals surface area (Å²) >= 11 is 0. The third-order valence-corrected chi connectivity index (χ3v) is 14.6. The van der Waals surface area contributed by atoms with Gasteiger partial charge in [0.15, 0.2) is 6.10 Å². The lowest BCUT2D eigenvalue weighted by molar-refractivity contribution is -0.167. The van der Waals surface area contributed by atoms with Crippen LogP contribution in [0.4, 0.5) is 0 Å². The minimum Gasteiger partial charge on any atom is -0.462 e. The lowest BCUT2D eigenvalue weighted by Crippen LogP contribution is -2.30. The molecule has 0 aromatic rings. The Morgan fingerprint density at radius 1 is 0.232 bits per heavy atom. The van der Waals surface area contributed by atoms with Crippen molar-refractivity contribution in [1.82, 2.24) is 0 Å². The zero-order chi connectivity index (χ0) is 50.0. The molecule has 1 atom stereocenters. The molecule has 410 valence electrons. The fourth-order valence-electron chi connectivity index (χ4n) is 9.86. The summed E-state index contributed by atoms with van der Waals surface area (Å²) in [6.45, 7) is 6.68. The summed E-state index contributed by atoms with van der Waals surface area (Å²) in [5.74, 6) is -0.838. The molecular weight excluding hydrogens is 853 g/mol. The number of carbonyl (C=O) groups excluding carboxylic acids is 3. The minimum absolute atomic E-state index is 0.0616. The van der Waals surface area contributed by atoms with Gasteiger partial charge in [0.05, 0.1) is 0 Å². The fraction of sp³-hybridized carbons (Fsp3) is 0.952. The van der Waals surface area contributed by atoms with Gasteiger partial charge in [-0.25, -0.2) is 0 Å². The maximum atomic E-state index is 12.8. The molecule has 0 aliphatic rings. The van der Waals surface area contributed by atoms with E-state index >= 15 is 0 Å². The molecule has 0 N–H and O–H groups in total. The topological polar surface area (TPSA) is 78.9 Å². The number of unbranched alkanes of at least 4 members (excludes halogenated alkanes) is 48. The van der Waals surface area contributed by atoms with E-state index in [1.54, 1.807) is 0 Å². The predicted molar refractivity (Wildman–Crippen MR) is 298 cm³/mol. The van der Waals surface area contributed by atoms with Gasteiger partial charge in [0.25, 0.3) is 0 Å². The van der Waals surface area contributed by atoms with E-state index in [0.29, 0.717) is 19.3 Å². The summed E-state index contributed by atoms with van der Waals surface area (Å²) in [5, 5.41) is 0. The van der Waals surface area contributed by atoms with Gasteiger partial charge in [-0.15, -0.1) is 0 Å². The van der Waals surface area contributed by atoms with Crippen molar-refractivity contribution < 1.29 is 28.6 Å². The van der Waals surface area contributed by atoms with Crippen LogP contribution in [0.5, 0.6) is 0 Å². The molecule has 69 heavy (non-hydrogen) atoms. The summed E-state index contributed by atoms with van der Waals surface area (Å²) in [7, 11) is 0. The van der Waals surface area contributed by atoms with Gasteiger partial charge in [0.1, 0.15) is 13.2 Å². The maximum absolute atomic E-state index is 12.8. The van der Waals surface area contributed by atoms with Crippen molar-refractivity contribution in [3.63, 3.8) is 0 Å². The maximum Gasteiger partial charge on any atom is 0.306 e. The molecular formula is C63H122O6. The highest BCUT2D eigenvalue weighted by molar-refractivity contribution is 5.71. The van der Waals surface area contributed by atoms with Crippen LogP contribution >= 0.6 is 0 Å². The molecule has 0 amide bonds. The van der Waals surface area contributed by atoms with Crippen LogP contribution in [-0.2, 0) is 28.6 Å². The van der Waals surface area contributed by atoms with E-state index in [1.165, 1.54) is 270 Å². The van der Waals surface area contributed by atoms with Crippen LogP contribution in [0.2, 0.25) is 0 Å². The molecule has 0 saturated heterocycles. The van der Waals surface area contributed by atoms with Crippen molar-refractivity contribution in [2.75, 3.05) is 13.2 Å². The van der Waals surface area contributed by atoms with E-state index in [2.05, 4.69) is 20.8 Å². The fourth-order valence-corrected chi connectivity index (χ4v) is 9.86. The van der Waals surface area contributed by atoms with Crippen LogP contribution in [0.15, 0.2) is 0 Å². The monoisotopic (exact) mass is 975 g/mol. The molecule has 0 rings (SSSR count). The third-order valence-electron chi connectivity index (χ3n) is 14.6. The second-order valence-electron chi connectivity index (χ2n) is 21.7. The molecule has 0 aliphatic carbocycles. The number of hydrogen-bond donors (Lipinski definition) is 0. The number of carbonyl (C=O) groups is 3. The summed E-state index contributed by atoms with van der Waals surface area (Å²) in [5.41, 5.74) is 0. The summed E-state index contributed by atoms with van der Waals surface area (Å²) in [6, 6.07) is 0. The normalized spacial score (nSPS) is 11.9. The van der Waals surface area contributed by atoms with Crippen molar-refractivity contribution in [3.8, 4) is 0 Å². The van der Waals surface area contributed by atoms with Crippen LogP contribution < -0.4 is 0 Å². The van der Waals surface area contributed by atoms with Gasteiger partial charge in [0.2, 0.25) is 0 Å². The Morgan fingerprint density at radius 2 is 0.391 bits per heavy atom.